The minimum Gasteiger partial charge on any atom is -0.481 e. The first kappa shape index (κ1) is 20.1. The molecular weight excluding hydrogens is 352 g/mol. The number of ether oxygens (including phenoxy) is 1. The van der Waals surface area contributed by atoms with Gasteiger partial charge >= 0.3 is 6.03 Å². The van der Waals surface area contributed by atoms with Crippen LogP contribution in [0.1, 0.15) is 36.5 Å². The molecule has 0 spiro atoms. The van der Waals surface area contributed by atoms with Crippen molar-refractivity contribution < 1.29 is 9.53 Å². The summed E-state index contributed by atoms with van der Waals surface area (Å²) in [7, 11) is 1.58. The van der Waals surface area contributed by atoms with Gasteiger partial charge < -0.3 is 15.4 Å². The summed E-state index contributed by atoms with van der Waals surface area (Å²) in [6.45, 7) is 6.65. The molecule has 1 aromatic carbocycles. The van der Waals surface area contributed by atoms with Crippen molar-refractivity contribution in [1.82, 2.24) is 20.5 Å². The van der Waals surface area contributed by atoms with Crippen molar-refractivity contribution in [3.8, 4) is 5.88 Å². The van der Waals surface area contributed by atoms with E-state index in [0.29, 0.717) is 19.0 Å². The summed E-state index contributed by atoms with van der Waals surface area (Å²) >= 11 is 0. The number of carbonyl (C=O) groups excluding carboxylic acids is 1. The Bertz CT molecular complexity index is 746. The summed E-state index contributed by atoms with van der Waals surface area (Å²) in [5.41, 5.74) is 3.35. The van der Waals surface area contributed by atoms with E-state index >= 15 is 0 Å². The van der Waals surface area contributed by atoms with Crippen LogP contribution < -0.4 is 15.4 Å². The van der Waals surface area contributed by atoms with Crippen LogP contribution in [0, 0.1) is 5.92 Å². The molecule has 1 saturated heterocycles. The Morgan fingerprint density at radius 1 is 1.11 bits per heavy atom. The Morgan fingerprint density at radius 3 is 2.43 bits per heavy atom. The molecular formula is C22H30N4O2. The van der Waals surface area contributed by atoms with Crippen molar-refractivity contribution in [2.45, 2.75) is 39.4 Å². The van der Waals surface area contributed by atoms with Gasteiger partial charge in [-0.1, -0.05) is 37.3 Å². The van der Waals surface area contributed by atoms with Crippen LogP contribution in [0.2, 0.25) is 0 Å². The molecule has 0 bridgehead atoms. The van der Waals surface area contributed by atoms with E-state index in [0.717, 1.165) is 23.6 Å². The molecule has 6 heteroatoms. The number of methoxy groups -OCH3 is 1. The lowest BCUT2D eigenvalue weighted by atomic mass is 9.99. The maximum Gasteiger partial charge on any atom is 0.315 e. The molecule has 1 aromatic heterocycles. The van der Waals surface area contributed by atoms with Crippen LogP contribution in [0.15, 0.2) is 42.6 Å². The molecule has 0 radical (unpaired) electrons. The van der Waals surface area contributed by atoms with Crippen LogP contribution in [0.3, 0.4) is 0 Å². The predicted molar refractivity (Wildman–Crippen MR) is 110 cm³/mol. The first-order chi connectivity index (χ1) is 13.6. The molecule has 2 N–H and O–H groups in total. The average molecular weight is 383 g/mol. The van der Waals surface area contributed by atoms with Crippen LogP contribution in [-0.4, -0.2) is 36.1 Å². The van der Waals surface area contributed by atoms with Crippen LogP contribution in [0.5, 0.6) is 5.88 Å². The quantitative estimate of drug-likeness (QED) is 0.771. The number of likely N-dealkylation sites (tertiary alicyclic amines) is 1. The zero-order chi connectivity index (χ0) is 19.8. The zero-order valence-electron chi connectivity index (χ0n) is 16.8. The minimum absolute atomic E-state index is 0.192. The van der Waals surface area contributed by atoms with Crippen LogP contribution >= 0.6 is 0 Å². The van der Waals surface area contributed by atoms with Crippen molar-refractivity contribution in [3.05, 3.63) is 59.3 Å². The van der Waals surface area contributed by atoms with Crippen LogP contribution in [0.4, 0.5) is 4.79 Å². The molecule has 28 heavy (non-hydrogen) atoms. The average Bonchev–Trinajstić information content (AvgIpc) is 2.72. The van der Waals surface area contributed by atoms with Crippen LogP contribution in [0.25, 0.3) is 0 Å². The van der Waals surface area contributed by atoms with Crippen molar-refractivity contribution in [3.63, 3.8) is 0 Å². The normalized spacial score (nSPS) is 17.1. The highest BCUT2D eigenvalue weighted by molar-refractivity contribution is 5.73. The molecule has 0 saturated carbocycles. The summed E-state index contributed by atoms with van der Waals surface area (Å²) in [5.74, 6) is 1.36. The highest BCUT2D eigenvalue weighted by Crippen LogP contribution is 2.18. The van der Waals surface area contributed by atoms with E-state index in [9.17, 15) is 4.79 Å². The Balaban J connectivity index is 1.39. The van der Waals surface area contributed by atoms with Gasteiger partial charge in [0, 0.05) is 38.4 Å². The summed E-state index contributed by atoms with van der Waals surface area (Å²) in [4.78, 5) is 18.7. The summed E-state index contributed by atoms with van der Waals surface area (Å²) < 4.78 is 5.02. The summed E-state index contributed by atoms with van der Waals surface area (Å²) in [5, 5.41) is 5.73. The third kappa shape index (κ3) is 6.23. The number of nitrogens with zero attached hydrogens (tertiary/aromatic N) is 2. The highest BCUT2D eigenvalue weighted by Gasteiger charge is 2.16. The fraction of sp³-hybridized carbons (Fsp3) is 0.455. The zero-order valence-corrected chi connectivity index (χ0v) is 16.8. The number of piperidine rings is 1. The number of aromatic nitrogens is 1. The van der Waals surface area contributed by atoms with E-state index in [1.54, 1.807) is 19.4 Å². The van der Waals surface area contributed by atoms with Gasteiger partial charge in [-0.2, -0.15) is 0 Å². The molecule has 2 amide bonds. The Labute approximate surface area is 167 Å². The molecule has 6 nitrogen and oxygen atoms in total. The van der Waals surface area contributed by atoms with Gasteiger partial charge in [0.15, 0.2) is 0 Å². The van der Waals surface area contributed by atoms with E-state index in [1.165, 1.54) is 31.5 Å². The standard InChI is InChI=1S/C22H30N4O2/c1-17-4-3-11-26(15-17)16-19-7-5-18(6-8-19)12-24-22(27)25-14-20-9-10-21(28-2)23-13-20/h5-10,13,17H,3-4,11-12,14-16H2,1-2H3,(H2,24,25,27). The fourth-order valence-electron chi connectivity index (χ4n) is 3.51. The van der Waals surface area contributed by atoms with E-state index in [-0.39, 0.29) is 6.03 Å². The topological polar surface area (TPSA) is 66.5 Å². The van der Waals surface area contributed by atoms with E-state index < -0.39 is 0 Å². The van der Waals surface area contributed by atoms with E-state index in [4.69, 9.17) is 4.74 Å². The maximum atomic E-state index is 12.0. The molecule has 1 aliphatic rings. The number of carbonyl (C=O) groups is 1. The molecule has 1 atom stereocenters. The maximum absolute atomic E-state index is 12.0. The smallest absolute Gasteiger partial charge is 0.315 e. The molecule has 0 aliphatic carbocycles. The summed E-state index contributed by atoms with van der Waals surface area (Å²) in [6, 6.07) is 12.0. The molecule has 2 heterocycles. The number of nitrogens with one attached hydrogen (secondary N) is 2. The molecule has 3 rings (SSSR count). The number of pyridine rings is 1. The lowest BCUT2D eigenvalue weighted by Gasteiger charge is -2.30. The highest BCUT2D eigenvalue weighted by atomic mass is 16.5. The van der Waals surface area contributed by atoms with Gasteiger partial charge in [0.25, 0.3) is 0 Å². The van der Waals surface area contributed by atoms with Crippen molar-refractivity contribution in [1.29, 1.82) is 0 Å². The SMILES string of the molecule is COc1ccc(CNC(=O)NCc2ccc(CN3CCCC(C)C3)cc2)cn1. The Hall–Kier alpha value is -2.60. The second kappa shape index (κ2) is 10.1. The third-order valence-corrected chi connectivity index (χ3v) is 5.08. The van der Waals surface area contributed by atoms with Gasteiger partial charge in [0.1, 0.15) is 0 Å². The molecule has 1 fully saturated rings. The van der Waals surface area contributed by atoms with Gasteiger partial charge in [-0.25, -0.2) is 9.78 Å². The fourth-order valence-corrected chi connectivity index (χ4v) is 3.51. The van der Waals surface area contributed by atoms with Gasteiger partial charge in [-0.3, -0.25) is 4.90 Å². The third-order valence-electron chi connectivity index (χ3n) is 5.08. The van der Waals surface area contributed by atoms with E-state index in [1.807, 2.05) is 6.07 Å². The minimum atomic E-state index is -0.192. The monoisotopic (exact) mass is 382 g/mol. The number of hydrogen-bond acceptors (Lipinski definition) is 4. The Kier molecular flexibility index (Phi) is 7.25. The van der Waals surface area contributed by atoms with Gasteiger partial charge in [-0.15, -0.1) is 0 Å². The van der Waals surface area contributed by atoms with Gasteiger partial charge in [0.05, 0.1) is 7.11 Å². The number of rotatable bonds is 7. The number of benzene rings is 1. The first-order valence-corrected chi connectivity index (χ1v) is 9.93. The lowest BCUT2D eigenvalue weighted by Crippen LogP contribution is -2.34. The predicted octanol–water partition coefficient (Wildman–Crippen LogP) is 3.32. The van der Waals surface area contributed by atoms with Crippen molar-refractivity contribution in [2.75, 3.05) is 20.2 Å². The molecule has 1 unspecified atom stereocenters. The number of hydrogen-bond donors (Lipinski definition) is 2. The van der Waals surface area contributed by atoms with Crippen molar-refractivity contribution >= 4 is 6.03 Å². The lowest BCUT2D eigenvalue weighted by molar-refractivity contribution is 0.176. The second-order valence-electron chi connectivity index (χ2n) is 7.54. The first-order valence-electron chi connectivity index (χ1n) is 9.93. The molecule has 150 valence electrons. The molecule has 2 aromatic rings. The number of urea groups is 1. The molecule has 1 aliphatic heterocycles. The largest absolute Gasteiger partial charge is 0.481 e. The van der Waals surface area contributed by atoms with Gasteiger partial charge in [-0.05, 0) is 42.0 Å². The van der Waals surface area contributed by atoms with Crippen molar-refractivity contribution in [2.24, 2.45) is 5.92 Å². The number of amides is 2. The Morgan fingerprint density at radius 2 is 1.79 bits per heavy atom. The van der Waals surface area contributed by atoms with Gasteiger partial charge in [0.2, 0.25) is 5.88 Å². The second-order valence-corrected chi connectivity index (χ2v) is 7.54. The van der Waals surface area contributed by atoms with Crippen LogP contribution in [-0.2, 0) is 19.6 Å². The summed E-state index contributed by atoms with van der Waals surface area (Å²) in [6.07, 6.45) is 4.34. The van der Waals surface area contributed by atoms with E-state index in [2.05, 4.69) is 51.7 Å².